The summed E-state index contributed by atoms with van der Waals surface area (Å²) in [4.78, 5) is 6.60. The van der Waals surface area contributed by atoms with Crippen molar-refractivity contribution in [3.8, 4) is 0 Å². The zero-order valence-electron chi connectivity index (χ0n) is 12.6. The Kier molecular flexibility index (Phi) is 6.97. The zero-order valence-corrected chi connectivity index (χ0v) is 15.0. The van der Waals surface area contributed by atoms with E-state index >= 15 is 0 Å². The third-order valence-corrected chi connectivity index (χ3v) is 5.84. The molecule has 1 aliphatic rings. The number of rotatable bonds is 7. The van der Waals surface area contributed by atoms with Crippen molar-refractivity contribution in [3.05, 3.63) is 20.8 Å². The van der Waals surface area contributed by atoms with E-state index in [1.54, 1.807) is 0 Å². The lowest BCUT2D eigenvalue weighted by Crippen LogP contribution is -2.50. The normalized spacial score (nSPS) is 19.4. The molecule has 0 aliphatic carbocycles. The molecule has 0 radical (unpaired) electrons. The Labute approximate surface area is 135 Å². The van der Waals surface area contributed by atoms with Crippen molar-refractivity contribution in [2.45, 2.75) is 32.9 Å². The molecule has 0 spiro atoms. The van der Waals surface area contributed by atoms with E-state index in [4.69, 9.17) is 0 Å². The molecule has 5 heteroatoms. The fraction of sp³-hybridized carbons (Fsp3) is 0.733. The van der Waals surface area contributed by atoms with Gasteiger partial charge in [-0.15, -0.1) is 11.3 Å². The van der Waals surface area contributed by atoms with Crippen LogP contribution in [0.15, 0.2) is 15.9 Å². The van der Waals surface area contributed by atoms with Crippen LogP contribution in [0.3, 0.4) is 0 Å². The van der Waals surface area contributed by atoms with Crippen LogP contribution in [0.1, 0.15) is 25.1 Å². The standard InChI is InChI=1S/C15H26BrN3S/c1-3-13(2)19-8-6-18(7-9-19)5-4-17-11-15-10-14(16)12-20-15/h10,12-13,17H,3-9,11H2,1-2H3. The van der Waals surface area contributed by atoms with Gasteiger partial charge in [-0.25, -0.2) is 0 Å². The number of hydrogen-bond donors (Lipinski definition) is 1. The van der Waals surface area contributed by atoms with Gasteiger partial charge in [-0.3, -0.25) is 9.80 Å². The van der Waals surface area contributed by atoms with Gasteiger partial charge in [0.15, 0.2) is 0 Å². The maximum absolute atomic E-state index is 3.54. The molecule has 0 amide bonds. The first-order chi connectivity index (χ1) is 9.69. The third-order valence-electron chi connectivity index (χ3n) is 4.15. The highest BCUT2D eigenvalue weighted by Gasteiger charge is 2.19. The molecule has 1 fully saturated rings. The van der Waals surface area contributed by atoms with Crippen LogP contribution in [0.2, 0.25) is 0 Å². The Morgan fingerprint density at radius 1 is 1.35 bits per heavy atom. The van der Waals surface area contributed by atoms with Gasteiger partial charge in [0.05, 0.1) is 0 Å². The molecule has 2 heterocycles. The number of halogens is 1. The molecule has 1 aromatic heterocycles. The minimum absolute atomic E-state index is 0.743. The fourth-order valence-electron chi connectivity index (χ4n) is 2.58. The summed E-state index contributed by atoms with van der Waals surface area (Å²) in [5.74, 6) is 0. The van der Waals surface area contributed by atoms with Crippen molar-refractivity contribution >= 4 is 27.3 Å². The average molecular weight is 360 g/mol. The Morgan fingerprint density at radius 2 is 2.10 bits per heavy atom. The monoisotopic (exact) mass is 359 g/mol. The van der Waals surface area contributed by atoms with Crippen LogP contribution < -0.4 is 5.32 Å². The molecule has 2 rings (SSSR count). The summed E-state index contributed by atoms with van der Waals surface area (Å²) >= 11 is 5.31. The second-order valence-corrected chi connectivity index (χ2v) is 7.45. The minimum Gasteiger partial charge on any atom is -0.311 e. The summed E-state index contributed by atoms with van der Waals surface area (Å²) in [6.07, 6.45) is 1.26. The van der Waals surface area contributed by atoms with Gasteiger partial charge in [-0.1, -0.05) is 6.92 Å². The quantitative estimate of drug-likeness (QED) is 0.754. The van der Waals surface area contributed by atoms with E-state index in [1.807, 2.05) is 11.3 Å². The Balaban J connectivity index is 1.57. The van der Waals surface area contributed by atoms with E-state index in [9.17, 15) is 0 Å². The van der Waals surface area contributed by atoms with Crippen molar-refractivity contribution in [1.29, 1.82) is 0 Å². The summed E-state index contributed by atoms with van der Waals surface area (Å²) in [6.45, 7) is 12.8. The molecular formula is C15H26BrN3S. The van der Waals surface area contributed by atoms with E-state index in [2.05, 4.69) is 56.3 Å². The third kappa shape index (κ3) is 5.11. The number of thiophene rings is 1. The Morgan fingerprint density at radius 3 is 2.70 bits per heavy atom. The van der Waals surface area contributed by atoms with E-state index in [1.165, 1.54) is 48.5 Å². The topological polar surface area (TPSA) is 18.5 Å². The summed E-state index contributed by atoms with van der Waals surface area (Å²) in [5.41, 5.74) is 0. The first-order valence-electron chi connectivity index (χ1n) is 7.59. The summed E-state index contributed by atoms with van der Waals surface area (Å²) in [7, 11) is 0. The molecule has 1 N–H and O–H groups in total. The van der Waals surface area contributed by atoms with Crippen molar-refractivity contribution in [2.75, 3.05) is 39.3 Å². The first-order valence-corrected chi connectivity index (χ1v) is 9.26. The lowest BCUT2D eigenvalue weighted by atomic mass is 10.2. The Bertz CT molecular complexity index is 388. The number of piperazine rings is 1. The number of nitrogens with zero attached hydrogens (tertiary/aromatic N) is 2. The highest BCUT2D eigenvalue weighted by molar-refractivity contribution is 9.10. The van der Waals surface area contributed by atoms with Gasteiger partial charge in [0.1, 0.15) is 0 Å². The van der Waals surface area contributed by atoms with Crippen LogP contribution in [0.5, 0.6) is 0 Å². The lowest BCUT2D eigenvalue weighted by Gasteiger charge is -2.37. The largest absolute Gasteiger partial charge is 0.311 e. The zero-order chi connectivity index (χ0) is 14.4. The molecule has 20 heavy (non-hydrogen) atoms. The van der Waals surface area contributed by atoms with Gasteiger partial charge in [0.25, 0.3) is 0 Å². The average Bonchev–Trinajstić information content (AvgIpc) is 2.89. The summed E-state index contributed by atoms with van der Waals surface area (Å²) in [5, 5.41) is 5.69. The molecule has 1 saturated heterocycles. The second-order valence-electron chi connectivity index (χ2n) is 5.54. The molecule has 1 atom stereocenters. The van der Waals surface area contributed by atoms with Crippen molar-refractivity contribution < 1.29 is 0 Å². The van der Waals surface area contributed by atoms with Gasteiger partial charge < -0.3 is 5.32 Å². The smallest absolute Gasteiger partial charge is 0.0300 e. The van der Waals surface area contributed by atoms with Gasteiger partial charge in [-0.2, -0.15) is 0 Å². The van der Waals surface area contributed by atoms with Crippen molar-refractivity contribution in [2.24, 2.45) is 0 Å². The molecule has 0 bridgehead atoms. The SMILES string of the molecule is CCC(C)N1CCN(CCNCc2cc(Br)cs2)CC1. The summed E-state index contributed by atoms with van der Waals surface area (Å²) < 4.78 is 1.19. The van der Waals surface area contributed by atoms with Gasteiger partial charge in [-0.05, 0) is 35.3 Å². The second kappa shape index (κ2) is 8.49. The van der Waals surface area contributed by atoms with Crippen LogP contribution in [0.25, 0.3) is 0 Å². The van der Waals surface area contributed by atoms with Crippen LogP contribution >= 0.6 is 27.3 Å². The minimum atomic E-state index is 0.743. The van der Waals surface area contributed by atoms with Crippen molar-refractivity contribution in [3.63, 3.8) is 0 Å². The maximum Gasteiger partial charge on any atom is 0.0300 e. The molecule has 1 aromatic rings. The van der Waals surface area contributed by atoms with Gasteiger partial charge in [0, 0.05) is 66.6 Å². The number of hydrogen-bond acceptors (Lipinski definition) is 4. The van der Waals surface area contributed by atoms with E-state index in [0.717, 1.165) is 19.1 Å². The predicted molar refractivity (Wildman–Crippen MR) is 91.5 cm³/mol. The van der Waals surface area contributed by atoms with Crippen LogP contribution in [0.4, 0.5) is 0 Å². The van der Waals surface area contributed by atoms with E-state index in [0.29, 0.717) is 0 Å². The highest BCUT2D eigenvalue weighted by Crippen LogP contribution is 2.19. The molecule has 114 valence electrons. The van der Waals surface area contributed by atoms with Gasteiger partial charge >= 0.3 is 0 Å². The first kappa shape index (κ1) is 16.4. The number of nitrogens with one attached hydrogen (secondary N) is 1. The lowest BCUT2D eigenvalue weighted by molar-refractivity contribution is 0.101. The van der Waals surface area contributed by atoms with Crippen LogP contribution in [-0.2, 0) is 6.54 Å². The van der Waals surface area contributed by atoms with Crippen molar-refractivity contribution in [1.82, 2.24) is 15.1 Å². The predicted octanol–water partition coefficient (Wildman–Crippen LogP) is 3.02. The van der Waals surface area contributed by atoms with E-state index < -0.39 is 0 Å². The van der Waals surface area contributed by atoms with Crippen LogP contribution in [-0.4, -0.2) is 55.1 Å². The Hall–Kier alpha value is 0.0600. The molecule has 1 aliphatic heterocycles. The van der Waals surface area contributed by atoms with Crippen LogP contribution in [0, 0.1) is 0 Å². The highest BCUT2D eigenvalue weighted by atomic mass is 79.9. The van der Waals surface area contributed by atoms with E-state index in [-0.39, 0.29) is 0 Å². The summed E-state index contributed by atoms with van der Waals surface area (Å²) in [6, 6.07) is 2.94. The molecule has 3 nitrogen and oxygen atoms in total. The molecule has 0 saturated carbocycles. The maximum atomic E-state index is 3.54. The molecule has 1 unspecified atom stereocenters. The van der Waals surface area contributed by atoms with Gasteiger partial charge in [0.2, 0.25) is 0 Å². The fourth-order valence-corrected chi connectivity index (χ4v) is 4.00. The molecular weight excluding hydrogens is 334 g/mol. The molecule has 0 aromatic carbocycles.